The molecule has 3 heterocycles. The van der Waals surface area contributed by atoms with Gasteiger partial charge in [-0.2, -0.15) is 13.9 Å². The number of carbonyl (C=O) groups is 1. The number of amides is 1. The van der Waals surface area contributed by atoms with Crippen LogP contribution < -0.4 is 4.74 Å². The molecule has 33 heavy (non-hydrogen) atoms. The highest BCUT2D eigenvalue weighted by molar-refractivity contribution is 5.89. The Morgan fingerprint density at radius 3 is 2.61 bits per heavy atom. The molecular weight excluding hydrogens is 434 g/mol. The van der Waals surface area contributed by atoms with Crippen molar-refractivity contribution in [3.05, 3.63) is 59.9 Å². The van der Waals surface area contributed by atoms with E-state index in [1.54, 1.807) is 40.9 Å². The molecule has 4 rings (SSSR count). The van der Waals surface area contributed by atoms with Gasteiger partial charge in [-0.25, -0.2) is 9.67 Å². The maximum absolute atomic E-state index is 13.1. The van der Waals surface area contributed by atoms with Crippen molar-refractivity contribution in [1.82, 2.24) is 19.7 Å². The summed E-state index contributed by atoms with van der Waals surface area (Å²) in [6.45, 7) is 2.90. The molecule has 3 aromatic rings. The van der Waals surface area contributed by atoms with Gasteiger partial charge in [0.1, 0.15) is 5.75 Å². The van der Waals surface area contributed by atoms with E-state index >= 15 is 0 Å². The molecule has 1 atom stereocenters. The van der Waals surface area contributed by atoms with Crippen molar-refractivity contribution < 1.29 is 28.5 Å². The zero-order chi connectivity index (χ0) is 23.8. The van der Waals surface area contributed by atoms with Gasteiger partial charge in [0.25, 0.3) is 0 Å². The lowest BCUT2D eigenvalue weighted by Gasteiger charge is -2.38. The van der Waals surface area contributed by atoms with Crippen molar-refractivity contribution in [2.45, 2.75) is 38.6 Å². The van der Waals surface area contributed by atoms with Crippen molar-refractivity contribution >= 4 is 16.9 Å². The second-order valence-electron chi connectivity index (χ2n) is 8.07. The van der Waals surface area contributed by atoms with Gasteiger partial charge < -0.3 is 19.8 Å². The van der Waals surface area contributed by atoms with Gasteiger partial charge in [0.15, 0.2) is 5.65 Å². The summed E-state index contributed by atoms with van der Waals surface area (Å²) in [7, 11) is 0. The van der Waals surface area contributed by atoms with Gasteiger partial charge >= 0.3 is 6.11 Å². The van der Waals surface area contributed by atoms with E-state index in [0.29, 0.717) is 48.0 Å². The van der Waals surface area contributed by atoms with Crippen LogP contribution in [0, 0.1) is 0 Å². The van der Waals surface area contributed by atoms with Crippen LogP contribution in [0.2, 0.25) is 0 Å². The Bertz CT molecular complexity index is 1180. The van der Waals surface area contributed by atoms with Crippen LogP contribution in [-0.2, 0) is 11.4 Å². The van der Waals surface area contributed by atoms with Gasteiger partial charge in [-0.3, -0.25) is 4.79 Å². The minimum Gasteiger partial charge on any atom is -0.433 e. The number of carbonyl (C=O) groups excluding carboxylic acids is 1. The third-order valence-electron chi connectivity index (χ3n) is 5.33. The number of aliphatic hydroxyl groups is 2. The number of pyridine rings is 1. The molecule has 2 aromatic heterocycles. The third-order valence-corrected chi connectivity index (χ3v) is 5.33. The molecule has 174 valence electrons. The van der Waals surface area contributed by atoms with Gasteiger partial charge in [0, 0.05) is 43.6 Å². The van der Waals surface area contributed by atoms with E-state index in [1.807, 2.05) is 0 Å². The van der Waals surface area contributed by atoms with Crippen LogP contribution in [0.1, 0.15) is 31.0 Å². The van der Waals surface area contributed by atoms with Crippen LogP contribution in [0.4, 0.5) is 8.78 Å². The molecule has 1 fully saturated rings. The fraction of sp³-hybridized carbons (Fsp3) is 0.348. The maximum Gasteiger partial charge on any atom is 0.394 e. The number of hydrogen-bond donors (Lipinski definition) is 2. The molecule has 0 bridgehead atoms. The van der Waals surface area contributed by atoms with Crippen LogP contribution in [0.25, 0.3) is 16.7 Å². The third kappa shape index (κ3) is 4.86. The van der Waals surface area contributed by atoms with Crippen LogP contribution in [0.15, 0.2) is 48.7 Å². The minimum absolute atomic E-state index is 0.0188. The lowest BCUT2D eigenvalue weighted by atomic mass is 9.93. The first-order chi connectivity index (χ1) is 15.7. The van der Waals surface area contributed by atoms with E-state index in [2.05, 4.69) is 9.72 Å². The predicted molar refractivity (Wildman–Crippen MR) is 116 cm³/mol. The lowest BCUT2D eigenvalue weighted by Crippen LogP contribution is -2.48. The lowest BCUT2D eigenvalue weighted by molar-refractivity contribution is -0.158. The minimum atomic E-state index is -3.29. The van der Waals surface area contributed by atoms with Gasteiger partial charge in [-0.05, 0) is 42.8 Å². The smallest absolute Gasteiger partial charge is 0.394 e. The molecule has 10 heteroatoms. The van der Waals surface area contributed by atoms with Gasteiger partial charge in [0.05, 0.1) is 24.1 Å². The number of halogens is 2. The average molecular weight is 458 g/mol. The molecule has 0 unspecified atom stereocenters. The topological polar surface area (TPSA) is 101 Å². The number of alkyl halides is 2. The van der Waals surface area contributed by atoms with Crippen molar-refractivity contribution in [2.75, 3.05) is 13.1 Å². The normalized spacial score (nSPS) is 15.8. The van der Waals surface area contributed by atoms with Crippen molar-refractivity contribution in [2.24, 2.45) is 0 Å². The first-order valence-corrected chi connectivity index (χ1v) is 10.5. The number of aromatic nitrogens is 3. The number of nitrogens with zero attached hydrogens (tertiary/aromatic N) is 4. The molecule has 1 aliphatic heterocycles. The molecule has 1 aromatic carbocycles. The second-order valence-corrected chi connectivity index (χ2v) is 8.07. The summed E-state index contributed by atoms with van der Waals surface area (Å²) in [4.78, 5) is 18.3. The largest absolute Gasteiger partial charge is 0.433 e. The van der Waals surface area contributed by atoms with Crippen molar-refractivity contribution in [3.63, 3.8) is 0 Å². The number of likely N-dealkylation sites (tertiary alicyclic amines) is 1. The number of benzene rings is 1. The molecule has 1 aliphatic rings. The van der Waals surface area contributed by atoms with Crippen LogP contribution >= 0.6 is 0 Å². The standard InChI is InChI=1S/C23H24F2N4O4/c1-14(31)3-8-19(32)28-11-16(12-28)21-20-15(13-30)9-10-26-22(20)29(27-21)17-4-6-18(7-5-17)33-23(2,24)25/h3-10,14,16,30-31H,11-13H2,1-2H3/b8-3+/t14-/m0/s1. The molecule has 0 saturated carbocycles. The second kappa shape index (κ2) is 8.87. The SMILES string of the molecule is C[C@H](O)/C=C/C(=O)N1CC(c2nn(-c3ccc(OC(C)(F)F)cc3)c3nccc(CO)c23)C1. The molecule has 1 saturated heterocycles. The zero-order valence-electron chi connectivity index (χ0n) is 18.2. The first kappa shape index (κ1) is 22.8. The van der Waals surface area contributed by atoms with E-state index in [9.17, 15) is 23.8 Å². The highest BCUT2D eigenvalue weighted by Gasteiger charge is 2.35. The summed E-state index contributed by atoms with van der Waals surface area (Å²) < 4.78 is 32.4. The fourth-order valence-electron chi connectivity index (χ4n) is 3.75. The highest BCUT2D eigenvalue weighted by Crippen LogP contribution is 2.34. The summed E-state index contributed by atoms with van der Waals surface area (Å²) in [5.41, 5.74) is 2.47. The molecule has 1 amide bonds. The van der Waals surface area contributed by atoms with E-state index in [1.165, 1.54) is 24.3 Å². The summed E-state index contributed by atoms with van der Waals surface area (Å²) in [6.07, 6.45) is 0.353. The number of rotatable bonds is 7. The van der Waals surface area contributed by atoms with E-state index in [0.717, 1.165) is 0 Å². The Labute approximate surface area is 188 Å². The molecule has 0 aliphatic carbocycles. The molecule has 0 spiro atoms. The summed E-state index contributed by atoms with van der Waals surface area (Å²) in [5.74, 6) is -0.237. The average Bonchev–Trinajstić information content (AvgIpc) is 3.10. The highest BCUT2D eigenvalue weighted by atomic mass is 19.3. The van der Waals surface area contributed by atoms with Gasteiger partial charge in [-0.1, -0.05) is 6.08 Å². The van der Waals surface area contributed by atoms with Crippen LogP contribution in [0.5, 0.6) is 5.75 Å². The Kier molecular flexibility index (Phi) is 6.13. The molecule has 8 nitrogen and oxygen atoms in total. The number of fused-ring (bicyclic) bond motifs is 1. The number of hydrogen-bond acceptors (Lipinski definition) is 6. The molecule has 0 radical (unpaired) electrons. The number of aliphatic hydroxyl groups excluding tert-OH is 2. The van der Waals surface area contributed by atoms with Crippen LogP contribution in [0.3, 0.4) is 0 Å². The summed E-state index contributed by atoms with van der Waals surface area (Å²) >= 11 is 0. The van der Waals surface area contributed by atoms with E-state index < -0.39 is 12.2 Å². The molecular formula is C23H24F2N4O4. The van der Waals surface area contributed by atoms with Crippen molar-refractivity contribution in [3.8, 4) is 11.4 Å². The first-order valence-electron chi connectivity index (χ1n) is 10.5. The monoisotopic (exact) mass is 458 g/mol. The molecule has 2 N–H and O–H groups in total. The van der Waals surface area contributed by atoms with E-state index in [4.69, 9.17) is 5.10 Å². The Morgan fingerprint density at radius 2 is 2.00 bits per heavy atom. The summed E-state index contributed by atoms with van der Waals surface area (Å²) in [6, 6.07) is 7.76. The summed E-state index contributed by atoms with van der Waals surface area (Å²) in [5, 5.41) is 24.6. The zero-order valence-corrected chi connectivity index (χ0v) is 18.2. The van der Waals surface area contributed by atoms with Crippen molar-refractivity contribution in [1.29, 1.82) is 0 Å². The quantitative estimate of drug-likeness (QED) is 0.528. The van der Waals surface area contributed by atoms with Gasteiger partial charge in [0.2, 0.25) is 5.91 Å². The predicted octanol–water partition coefficient (Wildman–Crippen LogP) is 2.77. The maximum atomic E-state index is 13.1. The fourth-order valence-corrected chi connectivity index (χ4v) is 3.75. The Hall–Kier alpha value is -3.37. The Balaban J connectivity index is 1.65. The van der Waals surface area contributed by atoms with Gasteiger partial charge in [-0.15, -0.1) is 0 Å². The number of ether oxygens (including phenoxy) is 1. The van der Waals surface area contributed by atoms with Crippen LogP contribution in [-0.4, -0.2) is 61.1 Å². The van der Waals surface area contributed by atoms with E-state index in [-0.39, 0.29) is 24.2 Å². The Morgan fingerprint density at radius 1 is 1.30 bits per heavy atom.